The molecule has 136 valence electrons. The zero-order chi connectivity index (χ0) is 18.5. The van der Waals surface area contributed by atoms with Crippen molar-refractivity contribution in [2.75, 3.05) is 5.32 Å². The van der Waals surface area contributed by atoms with E-state index >= 15 is 0 Å². The summed E-state index contributed by atoms with van der Waals surface area (Å²) in [6.45, 7) is 0.227. The van der Waals surface area contributed by atoms with Gasteiger partial charge >= 0.3 is 6.09 Å². The molecule has 1 aliphatic rings. The number of anilines is 1. The van der Waals surface area contributed by atoms with Crippen LogP contribution in [-0.4, -0.2) is 23.1 Å². The van der Waals surface area contributed by atoms with E-state index in [-0.39, 0.29) is 24.4 Å². The summed E-state index contributed by atoms with van der Waals surface area (Å²) in [5.41, 5.74) is 1.43. The summed E-state index contributed by atoms with van der Waals surface area (Å²) in [4.78, 5) is 22.2. The van der Waals surface area contributed by atoms with Gasteiger partial charge in [0.15, 0.2) is 0 Å². The highest BCUT2D eigenvalue weighted by molar-refractivity contribution is 6.33. The Labute approximate surface area is 155 Å². The summed E-state index contributed by atoms with van der Waals surface area (Å²) >= 11 is 6.07. The van der Waals surface area contributed by atoms with Gasteiger partial charge in [-0.3, -0.25) is 10.1 Å². The molecule has 1 amide bonds. The van der Waals surface area contributed by atoms with Crippen LogP contribution in [0.5, 0.6) is 0 Å². The summed E-state index contributed by atoms with van der Waals surface area (Å²) in [6, 6.07) is 13.8. The number of carbonyl (C=O) groups is 1. The first-order chi connectivity index (χ1) is 12.5. The number of amides is 1. The lowest BCUT2D eigenvalue weighted by molar-refractivity contribution is -0.384. The van der Waals surface area contributed by atoms with Gasteiger partial charge in [-0.15, -0.1) is 0 Å². The molecule has 7 nitrogen and oxygen atoms in total. The van der Waals surface area contributed by atoms with Crippen molar-refractivity contribution < 1.29 is 14.5 Å². The average Bonchev–Trinajstić information content (AvgIpc) is 2.60. The normalized spacial score (nSPS) is 18.5. The second-order valence-electron chi connectivity index (χ2n) is 6.14. The number of nitrogens with zero attached hydrogens (tertiary/aromatic N) is 1. The topological polar surface area (TPSA) is 93.5 Å². The van der Waals surface area contributed by atoms with E-state index in [1.165, 1.54) is 18.2 Å². The number of non-ortho nitro benzene ring substituents is 1. The maximum Gasteiger partial charge on any atom is 0.407 e. The molecule has 0 bridgehead atoms. The number of nitrogens with one attached hydrogen (secondary N) is 2. The van der Waals surface area contributed by atoms with Gasteiger partial charge in [0.1, 0.15) is 6.61 Å². The van der Waals surface area contributed by atoms with Gasteiger partial charge in [-0.25, -0.2) is 4.79 Å². The number of nitro benzene ring substituents is 1. The number of rotatable bonds is 6. The molecule has 1 fully saturated rings. The summed E-state index contributed by atoms with van der Waals surface area (Å²) in [5.74, 6) is 0. The molecule has 2 aromatic rings. The molecule has 0 saturated heterocycles. The highest BCUT2D eigenvalue weighted by Gasteiger charge is 2.31. The maximum atomic E-state index is 11.8. The summed E-state index contributed by atoms with van der Waals surface area (Å²) in [6.07, 6.45) is 0.935. The molecule has 0 radical (unpaired) electrons. The van der Waals surface area contributed by atoms with Crippen molar-refractivity contribution in [1.82, 2.24) is 5.32 Å². The standard InChI is InChI=1S/C18H18ClN3O4/c19-16-7-6-15(22(24)25)10-17(16)20-13-8-14(9-13)21-18(23)26-11-12-4-2-1-3-5-12/h1-7,10,13-14,20H,8-9,11H2,(H,21,23). The molecule has 1 aliphatic carbocycles. The van der Waals surface area contributed by atoms with Gasteiger partial charge in [0.05, 0.1) is 15.6 Å². The Bertz CT molecular complexity index is 794. The van der Waals surface area contributed by atoms with E-state index in [2.05, 4.69) is 10.6 Å². The van der Waals surface area contributed by atoms with Crippen LogP contribution in [0.25, 0.3) is 0 Å². The minimum atomic E-state index is -0.463. The first kappa shape index (κ1) is 18.0. The summed E-state index contributed by atoms with van der Waals surface area (Å²) in [7, 11) is 0. The molecule has 2 N–H and O–H groups in total. The molecule has 0 atom stereocenters. The lowest BCUT2D eigenvalue weighted by atomic mass is 9.86. The lowest BCUT2D eigenvalue weighted by Gasteiger charge is -2.36. The third kappa shape index (κ3) is 4.64. The number of carbonyl (C=O) groups excluding carboxylic acids is 1. The van der Waals surface area contributed by atoms with Crippen molar-refractivity contribution in [3.8, 4) is 0 Å². The highest BCUT2D eigenvalue weighted by Crippen LogP contribution is 2.31. The lowest BCUT2D eigenvalue weighted by Crippen LogP contribution is -2.49. The molecular formula is C18H18ClN3O4. The fourth-order valence-corrected chi connectivity index (χ4v) is 2.91. The van der Waals surface area contributed by atoms with Crippen LogP contribution in [0.4, 0.5) is 16.2 Å². The Morgan fingerprint density at radius 1 is 1.19 bits per heavy atom. The van der Waals surface area contributed by atoms with Crippen molar-refractivity contribution >= 4 is 29.1 Å². The number of nitro groups is 1. The van der Waals surface area contributed by atoms with Gasteiger partial charge in [-0.1, -0.05) is 41.9 Å². The predicted molar refractivity (Wildman–Crippen MR) is 98.3 cm³/mol. The molecule has 0 aliphatic heterocycles. The number of benzene rings is 2. The minimum Gasteiger partial charge on any atom is -0.445 e. The Morgan fingerprint density at radius 2 is 1.92 bits per heavy atom. The molecule has 26 heavy (non-hydrogen) atoms. The Hall–Kier alpha value is -2.80. The van der Waals surface area contributed by atoms with E-state index in [4.69, 9.17) is 16.3 Å². The Morgan fingerprint density at radius 3 is 2.62 bits per heavy atom. The summed E-state index contributed by atoms with van der Waals surface area (Å²) in [5, 5.41) is 17.2. The highest BCUT2D eigenvalue weighted by atomic mass is 35.5. The first-order valence-corrected chi connectivity index (χ1v) is 8.57. The molecule has 0 spiro atoms. The quantitative estimate of drug-likeness (QED) is 0.585. The van der Waals surface area contributed by atoms with Crippen molar-refractivity contribution in [3.05, 3.63) is 69.2 Å². The summed E-state index contributed by atoms with van der Waals surface area (Å²) < 4.78 is 5.18. The zero-order valence-electron chi connectivity index (χ0n) is 13.9. The number of ether oxygens (including phenoxy) is 1. The van der Waals surface area contributed by atoms with Crippen LogP contribution in [0.3, 0.4) is 0 Å². The van der Waals surface area contributed by atoms with Crippen LogP contribution in [0.15, 0.2) is 48.5 Å². The van der Waals surface area contributed by atoms with Gasteiger partial charge in [-0.2, -0.15) is 0 Å². The maximum absolute atomic E-state index is 11.8. The number of hydrogen-bond acceptors (Lipinski definition) is 5. The molecule has 1 saturated carbocycles. The number of hydrogen-bond donors (Lipinski definition) is 2. The molecule has 0 aromatic heterocycles. The van der Waals surface area contributed by atoms with E-state index in [9.17, 15) is 14.9 Å². The van der Waals surface area contributed by atoms with Crippen molar-refractivity contribution in [2.45, 2.75) is 31.5 Å². The predicted octanol–water partition coefficient (Wildman–Crippen LogP) is 4.12. The fraction of sp³-hybridized carbons (Fsp3) is 0.278. The van der Waals surface area contributed by atoms with Crippen molar-refractivity contribution in [1.29, 1.82) is 0 Å². The van der Waals surface area contributed by atoms with E-state index < -0.39 is 11.0 Å². The van der Waals surface area contributed by atoms with Gasteiger partial charge in [-0.05, 0) is 24.5 Å². The zero-order valence-corrected chi connectivity index (χ0v) is 14.6. The number of halogens is 1. The smallest absolute Gasteiger partial charge is 0.407 e. The van der Waals surface area contributed by atoms with Crippen LogP contribution >= 0.6 is 11.6 Å². The minimum absolute atomic E-state index is 0.00764. The third-order valence-corrected chi connectivity index (χ3v) is 4.52. The van der Waals surface area contributed by atoms with E-state index in [0.29, 0.717) is 23.6 Å². The Kier molecular flexibility index (Phi) is 5.58. The van der Waals surface area contributed by atoms with Gasteiger partial charge in [0, 0.05) is 24.2 Å². The van der Waals surface area contributed by atoms with Gasteiger partial charge < -0.3 is 15.4 Å². The SMILES string of the molecule is O=C(NC1CC(Nc2cc([N+](=O)[O-])ccc2Cl)C1)OCc1ccccc1. The first-order valence-electron chi connectivity index (χ1n) is 8.19. The fourth-order valence-electron chi connectivity index (χ4n) is 2.74. The molecule has 2 aromatic carbocycles. The van der Waals surface area contributed by atoms with Crippen LogP contribution in [0.2, 0.25) is 5.02 Å². The third-order valence-electron chi connectivity index (χ3n) is 4.19. The largest absolute Gasteiger partial charge is 0.445 e. The molecule has 3 rings (SSSR count). The van der Waals surface area contributed by atoms with Crippen LogP contribution in [-0.2, 0) is 11.3 Å². The van der Waals surface area contributed by atoms with Crippen molar-refractivity contribution in [2.24, 2.45) is 0 Å². The molecule has 0 heterocycles. The van der Waals surface area contributed by atoms with Gasteiger partial charge in [0.25, 0.3) is 5.69 Å². The monoisotopic (exact) mass is 375 g/mol. The average molecular weight is 376 g/mol. The van der Waals surface area contributed by atoms with Crippen LogP contribution in [0.1, 0.15) is 18.4 Å². The Balaban J connectivity index is 1.42. The molecular weight excluding hydrogens is 358 g/mol. The van der Waals surface area contributed by atoms with Crippen LogP contribution in [0, 0.1) is 10.1 Å². The number of alkyl carbamates (subject to hydrolysis) is 1. The second-order valence-corrected chi connectivity index (χ2v) is 6.54. The second kappa shape index (κ2) is 8.05. The van der Waals surface area contributed by atoms with Crippen LogP contribution < -0.4 is 10.6 Å². The van der Waals surface area contributed by atoms with Gasteiger partial charge in [0.2, 0.25) is 0 Å². The molecule has 0 unspecified atom stereocenters. The van der Waals surface area contributed by atoms with E-state index in [1.807, 2.05) is 30.3 Å². The van der Waals surface area contributed by atoms with Crippen molar-refractivity contribution in [3.63, 3.8) is 0 Å². The van der Waals surface area contributed by atoms with E-state index in [1.54, 1.807) is 0 Å². The van der Waals surface area contributed by atoms with E-state index in [0.717, 1.165) is 5.56 Å². The molecule has 8 heteroatoms.